The molecule has 3 N–H and O–H groups in total. The Morgan fingerprint density at radius 2 is 1.66 bits per heavy atom. The van der Waals surface area contributed by atoms with Gasteiger partial charge in [-0.2, -0.15) is 0 Å². The van der Waals surface area contributed by atoms with E-state index in [0.29, 0.717) is 5.56 Å². The van der Waals surface area contributed by atoms with Gasteiger partial charge in [0, 0.05) is 17.2 Å². The van der Waals surface area contributed by atoms with E-state index >= 15 is 0 Å². The molecule has 0 aliphatic heterocycles. The fourth-order valence-corrected chi connectivity index (χ4v) is 3.85. The van der Waals surface area contributed by atoms with E-state index in [9.17, 15) is 9.59 Å². The summed E-state index contributed by atoms with van der Waals surface area (Å²) < 4.78 is 10.1. The Morgan fingerprint density at radius 1 is 1.00 bits per heavy atom. The molecule has 3 aromatic carbocycles. The van der Waals surface area contributed by atoms with Gasteiger partial charge < -0.3 is 20.5 Å². The molecule has 6 heteroatoms. The second-order valence-electron chi connectivity index (χ2n) is 7.27. The minimum Gasteiger partial charge on any atom is -0.465 e. The highest BCUT2D eigenvalue weighted by Gasteiger charge is 2.28. The zero-order chi connectivity index (χ0) is 22.5. The molecule has 0 heterocycles. The number of alkyl carbamates (subject to hydrolysis) is 1. The maximum absolute atomic E-state index is 12.2. The van der Waals surface area contributed by atoms with E-state index in [4.69, 9.17) is 10.5 Å². The van der Waals surface area contributed by atoms with Gasteiger partial charge in [0.1, 0.15) is 6.61 Å². The fourth-order valence-electron chi connectivity index (χ4n) is 3.85. The number of nitrogens with one attached hydrogen (secondary N) is 1. The molecule has 4 rings (SSSR count). The standard InChI is InChI=1S/C26H22N2O4/c1-31-25(29)22-13-12-17(15-24(22)27)7-6-14-28-26(30)32-16-23-20-10-4-2-8-18(20)19-9-3-5-11-21(19)23/h2-5,8-13,15,23H,14,16,27H2,1H3,(H,28,30). The molecule has 0 spiro atoms. The van der Waals surface area contributed by atoms with Gasteiger partial charge in [-0.3, -0.25) is 0 Å². The number of fused-ring (bicyclic) bond motifs is 3. The first kappa shape index (κ1) is 21.0. The molecule has 0 saturated heterocycles. The Bertz CT molecular complexity index is 1190. The fraction of sp³-hybridized carbons (Fsp3) is 0.154. The van der Waals surface area contributed by atoms with Crippen molar-refractivity contribution in [2.24, 2.45) is 0 Å². The van der Waals surface area contributed by atoms with E-state index in [1.807, 2.05) is 24.3 Å². The van der Waals surface area contributed by atoms with Gasteiger partial charge in [0.15, 0.2) is 0 Å². The first-order chi connectivity index (χ1) is 15.6. The largest absolute Gasteiger partial charge is 0.465 e. The monoisotopic (exact) mass is 426 g/mol. The third-order valence-corrected chi connectivity index (χ3v) is 5.35. The molecule has 1 aliphatic rings. The summed E-state index contributed by atoms with van der Waals surface area (Å²) in [6.45, 7) is 0.369. The summed E-state index contributed by atoms with van der Waals surface area (Å²) in [5, 5.41) is 2.64. The number of amides is 1. The van der Waals surface area contributed by atoms with Gasteiger partial charge in [0.05, 0.1) is 19.2 Å². The molecule has 0 fully saturated rings. The maximum Gasteiger partial charge on any atom is 0.407 e. The zero-order valence-electron chi connectivity index (χ0n) is 17.6. The highest BCUT2D eigenvalue weighted by atomic mass is 16.5. The summed E-state index contributed by atoms with van der Waals surface area (Å²) in [5.74, 6) is 5.25. The summed E-state index contributed by atoms with van der Waals surface area (Å²) >= 11 is 0. The molecule has 160 valence electrons. The van der Waals surface area contributed by atoms with Crippen molar-refractivity contribution in [1.82, 2.24) is 5.32 Å². The van der Waals surface area contributed by atoms with Crippen LogP contribution in [0.25, 0.3) is 11.1 Å². The zero-order valence-corrected chi connectivity index (χ0v) is 17.6. The molecular weight excluding hydrogens is 404 g/mol. The van der Waals surface area contributed by atoms with Gasteiger partial charge in [-0.05, 0) is 40.5 Å². The van der Waals surface area contributed by atoms with Crippen LogP contribution in [-0.2, 0) is 9.47 Å². The van der Waals surface area contributed by atoms with Crippen molar-refractivity contribution in [2.45, 2.75) is 5.92 Å². The van der Waals surface area contributed by atoms with Crippen LogP contribution in [0, 0.1) is 11.8 Å². The molecule has 0 bridgehead atoms. The van der Waals surface area contributed by atoms with Crippen LogP contribution in [0.5, 0.6) is 0 Å². The van der Waals surface area contributed by atoms with Crippen molar-refractivity contribution in [2.75, 3.05) is 26.0 Å². The quantitative estimate of drug-likeness (QED) is 0.375. The Morgan fingerprint density at radius 3 is 2.28 bits per heavy atom. The molecule has 1 amide bonds. The molecular formula is C26H22N2O4. The number of rotatable bonds is 4. The maximum atomic E-state index is 12.2. The van der Waals surface area contributed by atoms with Gasteiger partial charge in [0.25, 0.3) is 0 Å². The van der Waals surface area contributed by atoms with E-state index in [-0.39, 0.29) is 30.3 Å². The van der Waals surface area contributed by atoms with Crippen LogP contribution in [0.4, 0.5) is 10.5 Å². The lowest BCUT2D eigenvalue weighted by atomic mass is 9.98. The van der Waals surface area contributed by atoms with Crippen LogP contribution >= 0.6 is 0 Å². The van der Waals surface area contributed by atoms with Gasteiger partial charge in [0.2, 0.25) is 0 Å². The summed E-state index contributed by atoms with van der Waals surface area (Å²) in [5.41, 5.74) is 11.7. The summed E-state index contributed by atoms with van der Waals surface area (Å²) in [6, 6.07) is 21.2. The molecule has 0 unspecified atom stereocenters. The smallest absolute Gasteiger partial charge is 0.407 e. The Kier molecular flexibility index (Phi) is 6.09. The minimum atomic E-state index is -0.526. The number of carbonyl (C=O) groups is 2. The Hall–Kier alpha value is -4.24. The third kappa shape index (κ3) is 4.28. The molecule has 3 aromatic rings. The second-order valence-corrected chi connectivity index (χ2v) is 7.27. The predicted molar refractivity (Wildman–Crippen MR) is 122 cm³/mol. The van der Waals surface area contributed by atoms with Crippen LogP contribution in [0.3, 0.4) is 0 Å². The summed E-state index contributed by atoms with van der Waals surface area (Å²) in [7, 11) is 1.30. The van der Waals surface area contributed by atoms with E-state index in [1.165, 1.54) is 18.2 Å². The molecule has 0 radical (unpaired) electrons. The number of esters is 1. The molecule has 0 aromatic heterocycles. The number of ether oxygens (including phenoxy) is 2. The van der Waals surface area contributed by atoms with Crippen molar-refractivity contribution in [3.8, 4) is 23.0 Å². The number of benzene rings is 3. The van der Waals surface area contributed by atoms with Gasteiger partial charge >= 0.3 is 12.1 Å². The van der Waals surface area contributed by atoms with Crippen LogP contribution in [-0.4, -0.2) is 32.3 Å². The number of hydrogen-bond donors (Lipinski definition) is 2. The number of nitrogen functional groups attached to an aromatic ring is 1. The molecule has 6 nitrogen and oxygen atoms in total. The van der Waals surface area contributed by atoms with Crippen molar-refractivity contribution in [1.29, 1.82) is 0 Å². The Labute approximate surface area is 186 Å². The Balaban J connectivity index is 1.33. The van der Waals surface area contributed by atoms with Crippen molar-refractivity contribution in [3.05, 3.63) is 89.0 Å². The van der Waals surface area contributed by atoms with E-state index < -0.39 is 12.1 Å². The lowest BCUT2D eigenvalue weighted by Gasteiger charge is -2.14. The topological polar surface area (TPSA) is 90.6 Å². The average molecular weight is 426 g/mol. The van der Waals surface area contributed by atoms with Crippen LogP contribution in [0.1, 0.15) is 33.0 Å². The van der Waals surface area contributed by atoms with Crippen LogP contribution < -0.4 is 11.1 Å². The number of carbonyl (C=O) groups excluding carboxylic acids is 2. The molecule has 0 atom stereocenters. The second kappa shape index (κ2) is 9.27. The number of hydrogen-bond acceptors (Lipinski definition) is 5. The predicted octanol–water partition coefficient (Wildman–Crippen LogP) is 3.95. The van der Waals surface area contributed by atoms with Gasteiger partial charge in [-0.1, -0.05) is 60.4 Å². The highest BCUT2D eigenvalue weighted by Crippen LogP contribution is 2.44. The van der Waals surface area contributed by atoms with Crippen molar-refractivity contribution in [3.63, 3.8) is 0 Å². The van der Waals surface area contributed by atoms with E-state index in [0.717, 1.165) is 11.1 Å². The SMILES string of the molecule is COC(=O)c1ccc(C#CCNC(=O)OCC2c3ccccc3-c3ccccc32)cc1N. The van der Waals surface area contributed by atoms with Crippen LogP contribution in [0.2, 0.25) is 0 Å². The summed E-state index contributed by atoms with van der Waals surface area (Å²) in [6.07, 6.45) is -0.526. The molecule has 0 saturated carbocycles. The van der Waals surface area contributed by atoms with Crippen LogP contribution in [0.15, 0.2) is 66.7 Å². The summed E-state index contributed by atoms with van der Waals surface area (Å²) in [4.78, 5) is 23.7. The normalized spacial score (nSPS) is 11.5. The average Bonchev–Trinajstić information content (AvgIpc) is 3.14. The third-order valence-electron chi connectivity index (χ3n) is 5.35. The molecule has 1 aliphatic carbocycles. The lowest BCUT2D eigenvalue weighted by molar-refractivity contribution is 0.0602. The van der Waals surface area contributed by atoms with Gasteiger partial charge in [-0.15, -0.1) is 0 Å². The van der Waals surface area contributed by atoms with E-state index in [2.05, 4.69) is 46.2 Å². The highest BCUT2D eigenvalue weighted by molar-refractivity contribution is 5.95. The first-order valence-corrected chi connectivity index (χ1v) is 10.1. The van der Waals surface area contributed by atoms with Crippen molar-refractivity contribution < 1.29 is 19.1 Å². The number of anilines is 1. The minimum absolute atomic E-state index is 0.00975. The first-order valence-electron chi connectivity index (χ1n) is 10.1. The van der Waals surface area contributed by atoms with E-state index in [1.54, 1.807) is 18.2 Å². The number of methoxy groups -OCH3 is 1. The molecule has 32 heavy (non-hydrogen) atoms. The number of nitrogens with two attached hydrogens (primary N) is 1. The van der Waals surface area contributed by atoms with Gasteiger partial charge in [-0.25, -0.2) is 9.59 Å². The van der Waals surface area contributed by atoms with Crippen molar-refractivity contribution >= 4 is 17.7 Å². The lowest BCUT2D eigenvalue weighted by Crippen LogP contribution is -2.26.